The predicted octanol–water partition coefficient (Wildman–Crippen LogP) is 6.91. The molecule has 0 aromatic heterocycles. The summed E-state index contributed by atoms with van der Waals surface area (Å²) in [5.41, 5.74) is 2.75. The lowest BCUT2D eigenvalue weighted by molar-refractivity contribution is -0.384. The summed E-state index contributed by atoms with van der Waals surface area (Å²) in [5, 5.41) is 13.4. The molecule has 3 aromatic rings. The van der Waals surface area contributed by atoms with Gasteiger partial charge in [0.15, 0.2) is 0 Å². The molecule has 5 rings (SSSR count). The molecule has 0 aliphatic carbocycles. The lowest BCUT2D eigenvalue weighted by Crippen LogP contribution is -2.45. The number of nitrogens with zero attached hydrogens (tertiary/aromatic N) is 1. The van der Waals surface area contributed by atoms with E-state index < -0.39 is 5.79 Å². The van der Waals surface area contributed by atoms with Crippen molar-refractivity contribution in [1.29, 1.82) is 0 Å². The van der Waals surface area contributed by atoms with Gasteiger partial charge in [0.05, 0.1) is 4.92 Å². The summed E-state index contributed by atoms with van der Waals surface area (Å²) in [7, 11) is 0. The van der Waals surface area contributed by atoms with Gasteiger partial charge in [-0.25, -0.2) is 0 Å². The van der Waals surface area contributed by atoms with Crippen LogP contribution in [0.4, 0.5) is 5.69 Å². The number of rotatable bonds is 5. The number of fused-ring (bicyclic) bond motifs is 4. The largest absolute Gasteiger partial charge is 0.444 e. The highest BCUT2D eigenvalue weighted by Gasteiger charge is 2.42. The molecule has 5 nitrogen and oxygen atoms in total. The quantitative estimate of drug-likeness (QED) is 0.259. The van der Waals surface area contributed by atoms with E-state index in [-0.39, 0.29) is 10.6 Å². The molecule has 3 aromatic carbocycles. The fourth-order valence-electron chi connectivity index (χ4n) is 4.30. The van der Waals surface area contributed by atoms with E-state index in [0.717, 1.165) is 53.3 Å². The van der Waals surface area contributed by atoms with Gasteiger partial charge in [0, 0.05) is 40.3 Å². The topological polar surface area (TPSA) is 61.6 Å². The molecule has 2 heterocycles. The molecule has 0 saturated heterocycles. The van der Waals surface area contributed by atoms with Crippen LogP contribution in [0, 0.1) is 10.1 Å². The first-order chi connectivity index (χ1) is 15.1. The van der Waals surface area contributed by atoms with Gasteiger partial charge in [0.1, 0.15) is 11.5 Å². The highest BCUT2D eigenvalue weighted by molar-refractivity contribution is 5.92. The molecule has 0 bridgehead atoms. The van der Waals surface area contributed by atoms with Crippen LogP contribution in [0.5, 0.6) is 11.5 Å². The van der Waals surface area contributed by atoms with Crippen molar-refractivity contribution in [2.75, 3.05) is 0 Å². The summed E-state index contributed by atoms with van der Waals surface area (Å²) in [6, 6.07) is 17.0. The molecule has 0 fully saturated rings. The van der Waals surface area contributed by atoms with Crippen LogP contribution in [0.25, 0.3) is 22.9 Å². The Balaban J connectivity index is 1.61. The molecular weight excluding hydrogens is 390 g/mol. The Morgan fingerprint density at radius 2 is 1.87 bits per heavy atom. The van der Waals surface area contributed by atoms with Gasteiger partial charge >= 0.3 is 0 Å². The number of hydrogen-bond acceptors (Lipinski definition) is 4. The number of unbranched alkanes of at least 4 members (excludes halogenated alkanes) is 2. The summed E-state index contributed by atoms with van der Waals surface area (Å²) < 4.78 is 13.1. The van der Waals surface area contributed by atoms with Gasteiger partial charge in [-0.05, 0) is 36.4 Å². The molecule has 5 heteroatoms. The van der Waals surface area contributed by atoms with Crippen LogP contribution in [0.3, 0.4) is 0 Å². The van der Waals surface area contributed by atoms with Crippen LogP contribution in [-0.2, 0) is 0 Å². The van der Waals surface area contributed by atoms with E-state index in [2.05, 4.69) is 37.3 Å². The van der Waals surface area contributed by atoms with E-state index in [0.29, 0.717) is 11.3 Å². The van der Waals surface area contributed by atoms with Crippen LogP contribution in [-0.4, -0.2) is 10.7 Å². The summed E-state index contributed by atoms with van der Waals surface area (Å²) in [6.07, 6.45) is 10.0. The lowest BCUT2D eigenvalue weighted by Gasteiger charge is -2.40. The monoisotopic (exact) mass is 413 g/mol. The van der Waals surface area contributed by atoms with E-state index >= 15 is 0 Å². The summed E-state index contributed by atoms with van der Waals surface area (Å²) >= 11 is 0. The molecule has 2 aliphatic heterocycles. The van der Waals surface area contributed by atoms with Gasteiger partial charge in [0.2, 0.25) is 0 Å². The van der Waals surface area contributed by atoms with Crippen molar-refractivity contribution in [2.24, 2.45) is 0 Å². The second-order valence-corrected chi connectivity index (χ2v) is 8.02. The maximum atomic E-state index is 11.2. The maximum Gasteiger partial charge on any atom is 0.294 e. The molecule has 1 spiro atoms. The zero-order valence-corrected chi connectivity index (χ0v) is 17.3. The van der Waals surface area contributed by atoms with Crippen LogP contribution >= 0.6 is 0 Å². The summed E-state index contributed by atoms with van der Waals surface area (Å²) in [5.74, 6) is 0.333. The van der Waals surface area contributed by atoms with E-state index in [1.807, 2.05) is 24.3 Å². The van der Waals surface area contributed by atoms with E-state index in [9.17, 15) is 10.1 Å². The van der Waals surface area contributed by atoms with E-state index in [1.54, 1.807) is 12.1 Å². The Bertz CT molecular complexity index is 1240. The molecule has 0 N–H and O–H groups in total. The second-order valence-electron chi connectivity index (χ2n) is 8.02. The third-order valence-corrected chi connectivity index (χ3v) is 5.94. The van der Waals surface area contributed by atoms with Gasteiger partial charge in [0.25, 0.3) is 11.5 Å². The number of benzene rings is 3. The number of hydrogen-bond donors (Lipinski definition) is 0. The Morgan fingerprint density at radius 1 is 1.00 bits per heavy atom. The molecule has 1 atom stereocenters. The first-order valence-electron chi connectivity index (χ1n) is 10.7. The smallest absolute Gasteiger partial charge is 0.294 e. The highest BCUT2D eigenvalue weighted by Crippen LogP contribution is 2.46. The minimum absolute atomic E-state index is 0.0545. The van der Waals surface area contributed by atoms with E-state index in [1.165, 1.54) is 6.07 Å². The van der Waals surface area contributed by atoms with Crippen molar-refractivity contribution >= 4 is 28.6 Å². The second kappa shape index (κ2) is 7.58. The molecular formula is C26H23NO4. The molecule has 0 radical (unpaired) electrons. The first kappa shape index (κ1) is 19.4. The van der Waals surface area contributed by atoms with Crippen LogP contribution in [0.15, 0.2) is 66.2 Å². The number of nitro benzene ring substituents is 1. The average molecular weight is 413 g/mol. The minimum Gasteiger partial charge on any atom is -0.444 e. The Morgan fingerprint density at radius 3 is 2.71 bits per heavy atom. The highest BCUT2D eigenvalue weighted by atomic mass is 16.7. The molecule has 156 valence electrons. The van der Waals surface area contributed by atoms with Gasteiger partial charge in [-0.2, -0.15) is 0 Å². The normalized spacial score (nSPS) is 18.7. The van der Waals surface area contributed by atoms with Crippen molar-refractivity contribution in [2.45, 2.75) is 38.4 Å². The standard InChI is InChI=1S/C26H23NO4/c1-2-3-4-8-21-16-20-17-22(27(28)29)12-13-24(20)30-26(21)15-14-19-11-10-18-7-5-6-9-23(18)25(19)31-26/h5-7,9-17H,2-4,8H2,1H3. The fraction of sp³-hybridized carbons (Fsp3) is 0.231. The summed E-state index contributed by atoms with van der Waals surface area (Å²) in [6.45, 7) is 2.17. The first-order valence-corrected chi connectivity index (χ1v) is 10.7. The number of nitro groups is 1. The summed E-state index contributed by atoms with van der Waals surface area (Å²) in [4.78, 5) is 10.9. The molecule has 31 heavy (non-hydrogen) atoms. The zero-order valence-electron chi connectivity index (χ0n) is 17.3. The van der Waals surface area contributed by atoms with Crippen LogP contribution in [0.1, 0.15) is 43.7 Å². The van der Waals surface area contributed by atoms with Gasteiger partial charge in [-0.1, -0.05) is 56.2 Å². The zero-order chi connectivity index (χ0) is 21.4. The van der Waals surface area contributed by atoms with Crippen molar-refractivity contribution in [1.82, 2.24) is 0 Å². The SMILES string of the molecule is CCCCCC1=Cc2cc([N+](=O)[O-])ccc2OC12C=Cc1ccc3ccccc3c1O2. The van der Waals surface area contributed by atoms with Crippen molar-refractivity contribution in [3.05, 3.63) is 87.5 Å². The van der Waals surface area contributed by atoms with E-state index in [4.69, 9.17) is 9.47 Å². The Kier molecular flexibility index (Phi) is 4.74. The average Bonchev–Trinajstić information content (AvgIpc) is 2.79. The number of ether oxygens (including phenoxy) is 2. The van der Waals surface area contributed by atoms with Gasteiger partial charge in [-0.3, -0.25) is 10.1 Å². The van der Waals surface area contributed by atoms with Gasteiger partial charge in [-0.15, -0.1) is 0 Å². The third kappa shape index (κ3) is 3.36. The maximum absolute atomic E-state index is 11.2. The van der Waals surface area contributed by atoms with Crippen molar-refractivity contribution < 1.29 is 14.4 Å². The predicted molar refractivity (Wildman–Crippen MR) is 122 cm³/mol. The van der Waals surface area contributed by atoms with Crippen LogP contribution in [0.2, 0.25) is 0 Å². The Labute approximate surface area is 180 Å². The lowest BCUT2D eigenvalue weighted by atomic mass is 9.90. The minimum atomic E-state index is -1.05. The fourth-order valence-corrected chi connectivity index (χ4v) is 4.30. The Hall–Kier alpha value is -3.60. The number of non-ortho nitro benzene ring substituents is 1. The van der Waals surface area contributed by atoms with Crippen molar-refractivity contribution in [3.8, 4) is 11.5 Å². The third-order valence-electron chi connectivity index (χ3n) is 5.94. The molecule has 0 amide bonds. The van der Waals surface area contributed by atoms with Crippen LogP contribution < -0.4 is 9.47 Å². The molecule has 2 aliphatic rings. The van der Waals surface area contributed by atoms with Crippen molar-refractivity contribution in [3.63, 3.8) is 0 Å². The van der Waals surface area contributed by atoms with Gasteiger partial charge < -0.3 is 9.47 Å². The molecule has 0 saturated carbocycles. The molecule has 1 unspecified atom stereocenters.